The molecule has 5 nitrogen and oxygen atoms in total. The van der Waals surface area contributed by atoms with E-state index in [0.717, 1.165) is 15.8 Å². The van der Waals surface area contributed by atoms with Crippen LogP contribution in [0.5, 0.6) is 5.75 Å². The Bertz CT molecular complexity index is 1030. The molecule has 7 heteroatoms. The van der Waals surface area contributed by atoms with Gasteiger partial charge in [0, 0.05) is 17.3 Å². The quantitative estimate of drug-likeness (QED) is 0.700. The van der Waals surface area contributed by atoms with Gasteiger partial charge < -0.3 is 10.1 Å². The third kappa shape index (κ3) is 3.76. The first-order valence-corrected chi connectivity index (χ1v) is 9.45. The Hall–Kier alpha value is -2.31. The topological polar surface area (TPSA) is 60.3 Å². The number of fused-ring (bicyclic) bond motifs is 1. The maximum atomic E-state index is 12.4. The predicted octanol–water partition coefficient (Wildman–Crippen LogP) is 4.45. The zero-order valence-corrected chi connectivity index (χ0v) is 16.3. The van der Waals surface area contributed by atoms with E-state index < -0.39 is 6.10 Å². The van der Waals surface area contributed by atoms with E-state index in [2.05, 4.69) is 5.32 Å². The van der Waals surface area contributed by atoms with Gasteiger partial charge in [-0.25, -0.2) is 0 Å². The first-order chi connectivity index (χ1) is 12.4. The molecule has 0 fully saturated rings. The van der Waals surface area contributed by atoms with Gasteiger partial charge in [0.05, 0.1) is 10.2 Å². The summed E-state index contributed by atoms with van der Waals surface area (Å²) in [6.45, 7) is 6.11. The fourth-order valence-electron chi connectivity index (χ4n) is 2.64. The van der Waals surface area contributed by atoms with Crippen molar-refractivity contribution in [1.29, 1.82) is 0 Å². The van der Waals surface area contributed by atoms with Crippen molar-refractivity contribution < 1.29 is 9.53 Å². The van der Waals surface area contributed by atoms with Crippen LogP contribution in [0.25, 0.3) is 10.2 Å². The minimum absolute atomic E-state index is 0.000728. The van der Waals surface area contributed by atoms with Crippen molar-refractivity contribution in [2.45, 2.75) is 33.4 Å². The van der Waals surface area contributed by atoms with Crippen LogP contribution < -0.4 is 14.9 Å². The van der Waals surface area contributed by atoms with Crippen LogP contribution in [0.4, 0.5) is 5.69 Å². The highest BCUT2D eigenvalue weighted by atomic mass is 35.5. The number of aryl methyl sites for hydroxylation is 2. The third-order valence-corrected chi connectivity index (χ3v) is 5.43. The number of thiazole rings is 1. The second-order valence-electron chi connectivity index (χ2n) is 5.96. The molecule has 1 aromatic heterocycles. The molecule has 0 spiro atoms. The number of carbonyl (C=O) groups excluding carboxylic acids is 1. The zero-order chi connectivity index (χ0) is 18.8. The number of benzene rings is 2. The molecule has 0 aliphatic rings. The Morgan fingerprint density at radius 3 is 2.77 bits per heavy atom. The highest BCUT2D eigenvalue weighted by molar-refractivity contribution is 7.16. The van der Waals surface area contributed by atoms with E-state index in [9.17, 15) is 9.59 Å². The normalized spacial score (nSPS) is 12.2. The van der Waals surface area contributed by atoms with Gasteiger partial charge in [-0.2, -0.15) is 0 Å². The van der Waals surface area contributed by atoms with Gasteiger partial charge in [0.15, 0.2) is 6.10 Å². The summed E-state index contributed by atoms with van der Waals surface area (Å²) in [7, 11) is 0. The number of nitrogens with one attached hydrogen (secondary N) is 1. The van der Waals surface area contributed by atoms with Crippen LogP contribution in [-0.4, -0.2) is 16.6 Å². The maximum absolute atomic E-state index is 12.4. The molecule has 1 amide bonds. The van der Waals surface area contributed by atoms with Gasteiger partial charge in [-0.15, -0.1) is 0 Å². The zero-order valence-electron chi connectivity index (χ0n) is 14.7. The number of anilines is 1. The molecule has 1 N–H and O–H groups in total. The van der Waals surface area contributed by atoms with E-state index >= 15 is 0 Å². The Kier molecular flexibility index (Phi) is 5.34. The number of amides is 1. The van der Waals surface area contributed by atoms with Crippen LogP contribution in [0.1, 0.15) is 19.4 Å². The molecule has 136 valence electrons. The highest BCUT2D eigenvalue weighted by Crippen LogP contribution is 2.24. The molecule has 0 radical (unpaired) electrons. The number of hydrogen-bond acceptors (Lipinski definition) is 4. The Morgan fingerprint density at radius 2 is 2.08 bits per heavy atom. The van der Waals surface area contributed by atoms with Gasteiger partial charge in [-0.05, 0) is 62.7 Å². The second-order valence-corrected chi connectivity index (χ2v) is 7.36. The SMILES string of the molecule is CCn1c(=O)sc2cc(NC(=O)[C@@H](C)Oc3ccc(Cl)c(C)c3)ccc21. The number of halogens is 1. The molecule has 0 aliphatic heterocycles. The third-order valence-electron chi connectivity index (χ3n) is 4.06. The minimum Gasteiger partial charge on any atom is -0.481 e. The van der Waals surface area contributed by atoms with Crippen LogP contribution in [0, 0.1) is 6.92 Å². The van der Waals surface area contributed by atoms with Gasteiger partial charge in [0.2, 0.25) is 0 Å². The summed E-state index contributed by atoms with van der Waals surface area (Å²) in [5.74, 6) is 0.322. The summed E-state index contributed by atoms with van der Waals surface area (Å²) in [6.07, 6.45) is -0.676. The van der Waals surface area contributed by atoms with E-state index in [1.807, 2.05) is 26.0 Å². The molecule has 0 aliphatic carbocycles. The van der Waals surface area contributed by atoms with Crippen molar-refractivity contribution in [3.05, 3.63) is 56.7 Å². The van der Waals surface area contributed by atoms with E-state index in [4.69, 9.17) is 16.3 Å². The van der Waals surface area contributed by atoms with Gasteiger partial charge >= 0.3 is 4.87 Å². The van der Waals surface area contributed by atoms with E-state index in [1.165, 1.54) is 11.3 Å². The lowest BCUT2D eigenvalue weighted by molar-refractivity contribution is -0.122. The Balaban J connectivity index is 1.73. The fourth-order valence-corrected chi connectivity index (χ4v) is 3.75. The number of nitrogens with zero attached hydrogens (tertiary/aromatic N) is 1. The Morgan fingerprint density at radius 1 is 1.31 bits per heavy atom. The van der Waals surface area contributed by atoms with Crippen LogP contribution in [0.3, 0.4) is 0 Å². The molecule has 3 aromatic rings. The smallest absolute Gasteiger partial charge is 0.308 e. The van der Waals surface area contributed by atoms with Crippen LogP contribution in [0.15, 0.2) is 41.2 Å². The lowest BCUT2D eigenvalue weighted by atomic mass is 10.2. The molecule has 0 unspecified atom stereocenters. The lowest BCUT2D eigenvalue weighted by Crippen LogP contribution is -2.30. The monoisotopic (exact) mass is 390 g/mol. The fraction of sp³-hybridized carbons (Fsp3) is 0.263. The van der Waals surface area contributed by atoms with Gasteiger partial charge in [-0.3, -0.25) is 14.2 Å². The molecule has 2 aromatic carbocycles. The van der Waals surface area contributed by atoms with Crippen LogP contribution >= 0.6 is 22.9 Å². The molecule has 1 heterocycles. The average Bonchev–Trinajstić information content (AvgIpc) is 2.92. The molecule has 0 saturated heterocycles. The summed E-state index contributed by atoms with van der Waals surface area (Å²) in [5.41, 5.74) is 2.40. The van der Waals surface area contributed by atoms with Crippen molar-refractivity contribution >= 4 is 44.7 Å². The van der Waals surface area contributed by atoms with E-state index in [-0.39, 0.29) is 10.8 Å². The number of aromatic nitrogens is 1. The predicted molar refractivity (Wildman–Crippen MR) is 107 cm³/mol. The van der Waals surface area contributed by atoms with E-state index in [0.29, 0.717) is 23.0 Å². The van der Waals surface area contributed by atoms with Crippen LogP contribution in [0.2, 0.25) is 5.02 Å². The van der Waals surface area contributed by atoms with Gasteiger partial charge in [0.1, 0.15) is 5.75 Å². The standard InChI is InChI=1S/C19H19ClN2O3S/c1-4-22-16-8-5-13(10-17(16)26-19(22)24)21-18(23)12(3)25-14-6-7-15(20)11(2)9-14/h5-10,12H,4H2,1-3H3,(H,21,23)/t12-/m1/s1. The summed E-state index contributed by atoms with van der Waals surface area (Å²) in [4.78, 5) is 24.3. The summed E-state index contributed by atoms with van der Waals surface area (Å²) in [6, 6.07) is 10.7. The highest BCUT2D eigenvalue weighted by Gasteiger charge is 2.16. The van der Waals surface area contributed by atoms with E-state index in [1.54, 1.807) is 35.8 Å². The van der Waals surface area contributed by atoms with Gasteiger partial charge in [0.25, 0.3) is 5.91 Å². The summed E-state index contributed by atoms with van der Waals surface area (Å²) >= 11 is 7.17. The lowest BCUT2D eigenvalue weighted by Gasteiger charge is -2.15. The number of hydrogen-bond donors (Lipinski definition) is 1. The molecular weight excluding hydrogens is 372 g/mol. The average molecular weight is 391 g/mol. The molecule has 26 heavy (non-hydrogen) atoms. The van der Waals surface area contributed by atoms with Crippen molar-refractivity contribution in [1.82, 2.24) is 4.57 Å². The van der Waals surface area contributed by atoms with Crippen LogP contribution in [-0.2, 0) is 11.3 Å². The van der Waals surface area contributed by atoms with Crippen molar-refractivity contribution in [2.75, 3.05) is 5.32 Å². The number of rotatable bonds is 5. The summed E-state index contributed by atoms with van der Waals surface area (Å²) < 4.78 is 8.24. The molecular formula is C19H19ClN2O3S. The van der Waals surface area contributed by atoms with Gasteiger partial charge in [-0.1, -0.05) is 22.9 Å². The molecule has 1 atom stereocenters. The van der Waals surface area contributed by atoms with Crippen molar-refractivity contribution in [2.24, 2.45) is 0 Å². The number of carbonyl (C=O) groups is 1. The second kappa shape index (κ2) is 7.51. The number of ether oxygens (including phenoxy) is 1. The molecule has 0 bridgehead atoms. The maximum Gasteiger partial charge on any atom is 0.308 e. The van der Waals surface area contributed by atoms with Crippen molar-refractivity contribution in [3.63, 3.8) is 0 Å². The Labute approximate surface area is 160 Å². The minimum atomic E-state index is -0.676. The van der Waals surface area contributed by atoms with Crippen molar-refractivity contribution in [3.8, 4) is 5.75 Å². The first kappa shape index (κ1) is 18.5. The summed E-state index contributed by atoms with van der Waals surface area (Å²) in [5, 5.41) is 3.49. The first-order valence-electron chi connectivity index (χ1n) is 8.26. The largest absolute Gasteiger partial charge is 0.481 e. The molecule has 3 rings (SSSR count). The molecule has 0 saturated carbocycles.